The van der Waals surface area contributed by atoms with Gasteiger partial charge in [0.15, 0.2) is 0 Å². The molecule has 0 saturated carbocycles. The first-order valence-corrected chi connectivity index (χ1v) is 6.49. The average Bonchev–Trinajstić information content (AvgIpc) is 3.13. The molecule has 108 valence electrons. The first-order chi connectivity index (χ1) is 10.1. The van der Waals surface area contributed by atoms with Crippen molar-refractivity contribution in [2.24, 2.45) is 0 Å². The zero-order valence-electron chi connectivity index (χ0n) is 11.4. The van der Waals surface area contributed by atoms with Crippen molar-refractivity contribution in [2.45, 2.75) is 20.0 Å². The number of amides is 1. The summed E-state index contributed by atoms with van der Waals surface area (Å²) in [6.07, 6.45) is 3.30. The number of hydrogen-bond donors (Lipinski definition) is 1. The molecule has 0 unspecified atom stereocenters. The molecule has 3 rings (SSSR count). The second-order valence-electron chi connectivity index (χ2n) is 4.63. The van der Waals surface area contributed by atoms with E-state index >= 15 is 0 Å². The minimum Gasteiger partial charge on any atom is -0.467 e. The zero-order chi connectivity index (χ0) is 14.8. The number of aromatic nitrogens is 3. The summed E-state index contributed by atoms with van der Waals surface area (Å²) in [6, 6.07) is 6.99. The first-order valence-electron chi connectivity index (χ1n) is 6.49. The maximum Gasteiger partial charge on any atom is 0.291 e. The number of fused-ring (bicyclic) bond motifs is 1. The number of nitrogens with one attached hydrogen (secondary N) is 1. The Morgan fingerprint density at radius 3 is 3.00 bits per heavy atom. The van der Waals surface area contributed by atoms with E-state index in [0.717, 1.165) is 0 Å². The second kappa shape index (κ2) is 5.28. The molecular formula is C14H14N4O3. The standard InChI is InChI=1S/C14H14N4O3/c1-10-16-18(14(20)12-5-2-6-17(10)12)9-13(19)15-8-11-4-3-7-21-11/h2-7H,8-9H2,1H3,(H,15,19). The Labute approximate surface area is 119 Å². The van der Waals surface area contributed by atoms with Crippen LogP contribution in [0.4, 0.5) is 0 Å². The predicted molar refractivity (Wildman–Crippen MR) is 74.7 cm³/mol. The highest BCUT2D eigenvalue weighted by atomic mass is 16.3. The van der Waals surface area contributed by atoms with Crippen LogP contribution in [0.25, 0.3) is 5.52 Å². The van der Waals surface area contributed by atoms with Crippen molar-refractivity contribution in [3.05, 3.63) is 58.7 Å². The fraction of sp³-hybridized carbons (Fsp3) is 0.214. The molecule has 7 nitrogen and oxygen atoms in total. The van der Waals surface area contributed by atoms with Crippen molar-refractivity contribution < 1.29 is 9.21 Å². The third kappa shape index (κ3) is 2.58. The largest absolute Gasteiger partial charge is 0.467 e. The molecule has 0 fully saturated rings. The molecule has 0 atom stereocenters. The van der Waals surface area contributed by atoms with E-state index in [2.05, 4.69) is 10.4 Å². The molecule has 0 aliphatic carbocycles. The molecule has 3 aromatic rings. The van der Waals surface area contributed by atoms with Gasteiger partial charge in [-0.1, -0.05) is 0 Å². The maximum absolute atomic E-state index is 12.2. The molecule has 1 N–H and O–H groups in total. The maximum atomic E-state index is 12.2. The summed E-state index contributed by atoms with van der Waals surface area (Å²) < 4.78 is 7.98. The van der Waals surface area contributed by atoms with E-state index in [9.17, 15) is 9.59 Å². The van der Waals surface area contributed by atoms with Crippen LogP contribution in [-0.4, -0.2) is 20.1 Å². The van der Waals surface area contributed by atoms with Crippen LogP contribution in [0.1, 0.15) is 11.6 Å². The van der Waals surface area contributed by atoms with Crippen molar-refractivity contribution in [3.63, 3.8) is 0 Å². The lowest BCUT2D eigenvalue weighted by Gasteiger charge is -2.08. The quantitative estimate of drug-likeness (QED) is 0.766. The Kier molecular flexibility index (Phi) is 3.31. The van der Waals surface area contributed by atoms with Gasteiger partial charge in [0.2, 0.25) is 5.91 Å². The lowest BCUT2D eigenvalue weighted by atomic mass is 10.4. The highest BCUT2D eigenvalue weighted by molar-refractivity contribution is 5.75. The van der Waals surface area contributed by atoms with Crippen LogP contribution in [0.15, 0.2) is 45.9 Å². The van der Waals surface area contributed by atoms with E-state index in [1.54, 1.807) is 41.8 Å². The van der Waals surface area contributed by atoms with Gasteiger partial charge in [-0.25, -0.2) is 4.68 Å². The molecular weight excluding hydrogens is 272 g/mol. The Balaban J connectivity index is 1.76. The van der Waals surface area contributed by atoms with E-state index in [4.69, 9.17) is 4.42 Å². The third-order valence-electron chi connectivity index (χ3n) is 3.15. The minimum absolute atomic E-state index is 0.123. The summed E-state index contributed by atoms with van der Waals surface area (Å²) in [6.45, 7) is 1.94. The summed E-state index contributed by atoms with van der Waals surface area (Å²) in [7, 11) is 0. The van der Waals surface area contributed by atoms with Crippen LogP contribution in [0.5, 0.6) is 0 Å². The van der Waals surface area contributed by atoms with Crippen LogP contribution in [0.3, 0.4) is 0 Å². The number of aryl methyl sites for hydroxylation is 1. The van der Waals surface area contributed by atoms with Crippen molar-refractivity contribution in [2.75, 3.05) is 0 Å². The van der Waals surface area contributed by atoms with Gasteiger partial charge in [-0.2, -0.15) is 5.10 Å². The van der Waals surface area contributed by atoms with Crippen molar-refractivity contribution in [1.29, 1.82) is 0 Å². The predicted octanol–water partition coefficient (Wildman–Crippen LogP) is 0.714. The zero-order valence-corrected chi connectivity index (χ0v) is 11.4. The lowest BCUT2D eigenvalue weighted by Crippen LogP contribution is -2.34. The Hall–Kier alpha value is -2.83. The van der Waals surface area contributed by atoms with Gasteiger partial charge in [-0.15, -0.1) is 0 Å². The summed E-state index contributed by atoms with van der Waals surface area (Å²) in [5.41, 5.74) is 0.208. The number of nitrogens with zero attached hydrogens (tertiary/aromatic N) is 3. The van der Waals surface area contributed by atoms with Gasteiger partial charge < -0.3 is 9.73 Å². The second-order valence-corrected chi connectivity index (χ2v) is 4.63. The normalized spacial score (nSPS) is 10.9. The molecule has 0 saturated heterocycles. The number of carbonyl (C=O) groups excluding carboxylic acids is 1. The summed E-state index contributed by atoms with van der Waals surface area (Å²) in [5, 5.41) is 6.82. The van der Waals surface area contributed by atoms with Crippen LogP contribution >= 0.6 is 0 Å². The van der Waals surface area contributed by atoms with Crippen molar-refractivity contribution in [3.8, 4) is 0 Å². The number of rotatable bonds is 4. The molecule has 7 heteroatoms. The molecule has 1 amide bonds. The summed E-state index contributed by atoms with van der Waals surface area (Å²) >= 11 is 0. The molecule has 0 aromatic carbocycles. The molecule has 0 aliphatic rings. The molecule has 0 radical (unpaired) electrons. The van der Waals surface area contributed by atoms with E-state index in [0.29, 0.717) is 17.1 Å². The monoisotopic (exact) mass is 286 g/mol. The lowest BCUT2D eigenvalue weighted by molar-refractivity contribution is -0.122. The van der Waals surface area contributed by atoms with Gasteiger partial charge in [0.25, 0.3) is 5.56 Å². The Morgan fingerprint density at radius 1 is 1.38 bits per heavy atom. The van der Waals surface area contributed by atoms with Crippen LogP contribution in [0, 0.1) is 6.92 Å². The first kappa shape index (κ1) is 13.2. The highest BCUT2D eigenvalue weighted by Gasteiger charge is 2.10. The van der Waals surface area contributed by atoms with Gasteiger partial charge in [-0.05, 0) is 31.2 Å². The van der Waals surface area contributed by atoms with E-state index in [-0.39, 0.29) is 24.6 Å². The number of carbonyl (C=O) groups is 1. The number of furan rings is 1. The summed E-state index contributed by atoms with van der Waals surface area (Å²) in [5.74, 6) is 1.01. The van der Waals surface area contributed by atoms with Gasteiger partial charge in [0.1, 0.15) is 23.6 Å². The van der Waals surface area contributed by atoms with Crippen molar-refractivity contribution >= 4 is 11.4 Å². The fourth-order valence-electron chi connectivity index (χ4n) is 2.14. The van der Waals surface area contributed by atoms with Crippen molar-refractivity contribution in [1.82, 2.24) is 19.5 Å². The van der Waals surface area contributed by atoms with Gasteiger partial charge >= 0.3 is 0 Å². The van der Waals surface area contributed by atoms with E-state index in [1.807, 2.05) is 0 Å². The molecule has 3 heterocycles. The number of hydrogen-bond acceptors (Lipinski definition) is 4. The Morgan fingerprint density at radius 2 is 2.24 bits per heavy atom. The Bertz CT molecular complexity index is 830. The SMILES string of the molecule is Cc1nn(CC(=O)NCc2ccco2)c(=O)c2cccn12. The fourth-order valence-corrected chi connectivity index (χ4v) is 2.14. The smallest absolute Gasteiger partial charge is 0.291 e. The van der Waals surface area contributed by atoms with Gasteiger partial charge in [0.05, 0.1) is 12.8 Å². The van der Waals surface area contributed by atoms with Crippen LogP contribution < -0.4 is 10.9 Å². The molecule has 0 aliphatic heterocycles. The summed E-state index contributed by atoms with van der Waals surface area (Å²) in [4.78, 5) is 24.1. The highest BCUT2D eigenvalue weighted by Crippen LogP contribution is 2.01. The average molecular weight is 286 g/mol. The third-order valence-corrected chi connectivity index (χ3v) is 3.15. The topological polar surface area (TPSA) is 81.5 Å². The molecule has 3 aromatic heterocycles. The molecule has 0 spiro atoms. The van der Waals surface area contributed by atoms with Crippen LogP contribution in [0.2, 0.25) is 0 Å². The molecule has 21 heavy (non-hydrogen) atoms. The van der Waals surface area contributed by atoms with Gasteiger partial charge in [0, 0.05) is 6.20 Å². The van der Waals surface area contributed by atoms with Gasteiger partial charge in [-0.3, -0.25) is 14.0 Å². The minimum atomic E-state index is -0.295. The van der Waals surface area contributed by atoms with Crippen LogP contribution in [-0.2, 0) is 17.9 Å². The van der Waals surface area contributed by atoms with E-state index < -0.39 is 0 Å². The molecule has 0 bridgehead atoms. The van der Waals surface area contributed by atoms with E-state index in [1.165, 1.54) is 10.9 Å².